The quantitative estimate of drug-likeness (QED) is 0.550. The van der Waals surface area contributed by atoms with Crippen LogP contribution >= 0.6 is 0 Å². The normalized spacial score (nSPS) is 44.2. The molecule has 4 heteroatoms. The predicted octanol–water partition coefficient (Wildman–Crippen LogP) is 5.90. The molecule has 0 radical (unpaired) electrons. The largest absolute Gasteiger partial charge is 0.460 e. The van der Waals surface area contributed by atoms with E-state index >= 15 is 0 Å². The van der Waals surface area contributed by atoms with Crippen LogP contribution in [0.3, 0.4) is 0 Å². The average Bonchev–Trinajstić information content (AvgIpc) is 3.03. The highest BCUT2D eigenvalue weighted by Crippen LogP contribution is 2.67. The maximum Gasteiger partial charge on any atom is 0.306 e. The molecule has 4 nitrogen and oxygen atoms in total. The number of ether oxygens (including phenoxy) is 1. The first kappa shape index (κ1) is 23.8. The first-order valence-corrected chi connectivity index (χ1v) is 13.1. The maximum atomic E-state index is 12.3. The van der Waals surface area contributed by atoms with Crippen LogP contribution in [0.1, 0.15) is 93.4 Å². The number of carbonyl (C=O) groups excluding carboxylic acids is 2. The van der Waals surface area contributed by atoms with Crippen LogP contribution in [0.4, 0.5) is 0 Å². The highest BCUT2D eigenvalue weighted by atomic mass is 16.6. The van der Waals surface area contributed by atoms with Crippen LogP contribution in [-0.4, -0.2) is 23.5 Å². The van der Waals surface area contributed by atoms with Gasteiger partial charge in [0, 0.05) is 17.9 Å². The third-order valence-corrected chi connectivity index (χ3v) is 10.0. The van der Waals surface area contributed by atoms with Crippen LogP contribution in [0, 0.1) is 46.3 Å². The van der Waals surface area contributed by atoms with E-state index in [9.17, 15) is 9.59 Å². The summed E-state index contributed by atoms with van der Waals surface area (Å²) < 4.78 is 5.56. The molecule has 0 bridgehead atoms. The average molecular weight is 444 g/mol. The Hall–Kier alpha value is -1.32. The number of rotatable bonds is 4. The molecule has 0 spiro atoms. The molecule has 3 saturated carbocycles. The van der Waals surface area contributed by atoms with Gasteiger partial charge in [0.1, 0.15) is 5.60 Å². The highest BCUT2D eigenvalue weighted by Gasteiger charge is 2.61. The fourth-order valence-electron chi connectivity index (χ4n) is 8.60. The van der Waals surface area contributed by atoms with Gasteiger partial charge in [-0.2, -0.15) is 0 Å². The molecule has 180 valence electrons. The molecule has 0 aromatic heterocycles. The van der Waals surface area contributed by atoms with Gasteiger partial charge in [0.25, 0.3) is 0 Å². The molecule has 3 aliphatic carbocycles. The Bertz CT molecular complexity index is 782. The molecule has 1 amide bonds. The zero-order valence-corrected chi connectivity index (χ0v) is 21.4. The van der Waals surface area contributed by atoms with E-state index in [1.54, 1.807) is 6.08 Å². The van der Waals surface area contributed by atoms with E-state index in [0.29, 0.717) is 35.5 Å². The van der Waals surface area contributed by atoms with Gasteiger partial charge in [-0.3, -0.25) is 9.59 Å². The smallest absolute Gasteiger partial charge is 0.306 e. The monoisotopic (exact) mass is 443 g/mol. The molecular weight excluding hydrogens is 398 g/mol. The van der Waals surface area contributed by atoms with Gasteiger partial charge in [-0.15, -0.1) is 0 Å². The topological polar surface area (TPSA) is 55.4 Å². The molecule has 3 fully saturated rings. The van der Waals surface area contributed by atoms with Crippen LogP contribution in [0.5, 0.6) is 0 Å². The third-order valence-electron chi connectivity index (χ3n) is 10.0. The Morgan fingerprint density at radius 1 is 1.22 bits per heavy atom. The zero-order valence-electron chi connectivity index (χ0n) is 21.4. The molecule has 1 heterocycles. The van der Waals surface area contributed by atoms with Crippen molar-refractivity contribution in [3.8, 4) is 0 Å². The Kier molecular flexibility index (Phi) is 6.08. The van der Waals surface area contributed by atoms with E-state index in [-0.39, 0.29) is 23.3 Å². The van der Waals surface area contributed by atoms with Gasteiger partial charge < -0.3 is 10.1 Å². The van der Waals surface area contributed by atoms with Crippen molar-refractivity contribution in [3.05, 3.63) is 12.2 Å². The SMILES string of the molecule is CC1C[C@H]2NC(=O)C=C[C@]2(C)[C@H]2CC[C@]3(C)[C@@H]([C@H](C)CCC(=O)OC(C)(C)C)CC[C@H]3[C@H]12. The van der Waals surface area contributed by atoms with E-state index < -0.39 is 5.60 Å². The van der Waals surface area contributed by atoms with Crippen LogP contribution in [0.25, 0.3) is 0 Å². The summed E-state index contributed by atoms with van der Waals surface area (Å²) in [5.74, 6) is 4.05. The van der Waals surface area contributed by atoms with E-state index in [2.05, 4.69) is 39.1 Å². The van der Waals surface area contributed by atoms with Crippen molar-refractivity contribution in [2.45, 2.75) is 105 Å². The lowest BCUT2D eigenvalue weighted by atomic mass is 9.45. The summed E-state index contributed by atoms with van der Waals surface area (Å²) in [6.07, 6.45) is 11.7. The van der Waals surface area contributed by atoms with Crippen molar-refractivity contribution in [1.29, 1.82) is 0 Å². The Balaban J connectivity index is 1.48. The lowest BCUT2D eigenvalue weighted by Gasteiger charge is -2.61. The minimum atomic E-state index is -0.402. The van der Waals surface area contributed by atoms with Gasteiger partial charge in [-0.05, 0) is 106 Å². The molecule has 4 aliphatic rings. The first-order valence-electron chi connectivity index (χ1n) is 13.1. The van der Waals surface area contributed by atoms with Gasteiger partial charge in [0.05, 0.1) is 0 Å². The minimum Gasteiger partial charge on any atom is -0.460 e. The van der Waals surface area contributed by atoms with Crippen molar-refractivity contribution in [3.63, 3.8) is 0 Å². The second-order valence-electron chi connectivity index (χ2n) is 13.1. The summed E-state index contributed by atoms with van der Waals surface area (Å²) in [6, 6.07) is 0.283. The molecular formula is C28H45NO3. The van der Waals surface area contributed by atoms with Gasteiger partial charge >= 0.3 is 5.97 Å². The number of hydrogen-bond donors (Lipinski definition) is 1. The molecule has 32 heavy (non-hydrogen) atoms. The summed E-state index contributed by atoms with van der Waals surface area (Å²) in [6.45, 7) is 15.6. The van der Waals surface area contributed by atoms with Gasteiger partial charge in [-0.25, -0.2) is 0 Å². The molecule has 1 unspecified atom stereocenters. The minimum absolute atomic E-state index is 0.0567. The van der Waals surface area contributed by atoms with Crippen LogP contribution in [0.2, 0.25) is 0 Å². The van der Waals surface area contributed by atoms with Crippen molar-refractivity contribution >= 4 is 11.9 Å². The lowest BCUT2D eigenvalue weighted by molar-refractivity contribution is -0.155. The molecule has 1 aliphatic heterocycles. The van der Waals surface area contributed by atoms with Gasteiger partial charge in [0.2, 0.25) is 5.91 Å². The molecule has 0 aromatic carbocycles. The van der Waals surface area contributed by atoms with Gasteiger partial charge in [-0.1, -0.05) is 33.8 Å². The fraction of sp³-hybridized carbons (Fsp3) is 0.857. The van der Waals surface area contributed by atoms with Crippen molar-refractivity contribution in [2.24, 2.45) is 46.3 Å². The number of fused-ring (bicyclic) bond motifs is 5. The fourth-order valence-corrected chi connectivity index (χ4v) is 8.60. The Morgan fingerprint density at radius 2 is 1.94 bits per heavy atom. The second-order valence-corrected chi connectivity index (χ2v) is 13.1. The summed E-state index contributed by atoms with van der Waals surface area (Å²) in [5, 5.41) is 3.29. The highest BCUT2D eigenvalue weighted by molar-refractivity contribution is 5.89. The molecule has 1 N–H and O–H groups in total. The number of carbonyl (C=O) groups is 2. The third kappa shape index (κ3) is 4.05. The number of amides is 1. The number of esters is 1. The first-order chi connectivity index (χ1) is 14.8. The van der Waals surface area contributed by atoms with Crippen molar-refractivity contribution in [1.82, 2.24) is 5.32 Å². The van der Waals surface area contributed by atoms with Gasteiger partial charge in [0.15, 0.2) is 0 Å². The number of hydrogen-bond acceptors (Lipinski definition) is 3. The summed E-state index contributed by atoms with van der Waals surface area (Å²) in [4.78, 5) is 24.3. The molecule has 4 rings (SSSR count). The maximum absolute atomic E-state index is 12.3. The van der Waals surface area contributed by atoms with Crippen molar-refractivity contribution < 1.29 is 14.3 Å². The summed E-state index contributed by atoms with van der Waals surface area (Å²) in [7, 11) is 0. The lowest BCUT2D eigenvalue weighted by Crippen LogP contribution is -2.61. The van der Waals surface area contributed by atoms with E-state index in [1.807, 2.05) is 20.8 Å². The Morgan fingerprint density at radius 3 is 2.62 bits per heavy atom. The molecule has 0 saturated heterocycles. The summed E-state index contributed by atoms with van der Waals surface area (Å²) >= 11 is 0. The van der Waals surface area contributed by atoms with Crippen molar-refractivity contribution in [2.75, 3.05) is 0 Å². The molecule has 0 aromatic rings. The van der Waals surface area contributed by atoms with Crippen LogP contribution in [-0.2, 0) is 14.3 Å². The van der Waals surface area contributed by atoms with E-state index in [1.165, 1.54) is 25.7 Å². The van der Waals surface area contributed by atoms with E-state index in [4.69, 9.17) is 4.74 Å². The number of nitrogens with one attached hydrogen (secondary N) is 1. The standard InChI is InChI=1S/C28H45NO3/c1-17(8-11-24(31)32-26(3,4)5)19-9-10-20-25-18(2)16-22-28(7,15-13-23(30)29-22)21(25)12-14-27(19,20)6/h13,15,17-22,25H,8-12,14,16H2,1-7H3,(H,29,30)/t17-,18?,19-,20+,21+,22-,25+,27-,28-/m1/s1. The predicted molar refractivity (Wildman–Crippen MR) is 128 cm³/mol. The van der Waals surface area contributed by atoms with Crippen LogP contribution < -0.4 is 5.32 Å². The zero-order chi connectivity index (χ0) is 23.5. The summed E-state index contributed by atoms with van der Waals surface area (Å²) in [5.41, 5.74) is 0.0572. The Labute approximate surface area is 195 Å². The van der Waals surface area contributed by atoms with E-state index in [0.717, 1.165) is 24.7 Å². The van der Waals surface area contributed by atoms with Crippen LogP contribution in [0.15, 0.2) is 12.2 Å². The molecule has 9 atom stereocenters. The second kappa shape index (κ2) is 8.17.